The summed E-state index contributed by atoms with van der Waals surface area (Å²) in [4.78, 5) is 30.5. The van der Waals surface area contributed by atoms with Crippen LogP contribution >= 0.6 is 11.8 Å². The molecule has 8 heteroatoms. The predicted molar refractivity (Wildman–Crippen MR) is 67.3 cm³/mol. The molecule has 2 heterocycles. The van der Waals surface area contributed by atoms with Crippen LogP contribution < -0.4 is 5.32 Å². The Morgan fingerprint density at radius 2 is 2.39 bits per heavy atom. The number of hydrogen-bond acceptors (Lipinski definition) is 5. The molecule has 1 aromatic heterocycles. The zero-order chi connectivity index (χ0) is 13.1. The van der Waals surface area contributed by atoms with Gasteiger partial charge in [0.2, 0.25) is 0 Å². The molecule has 0 fully saturated rings. The van der Waals surface area contributed by atoms with Crippen molar-refractivity contribution in [3.05, 3.63) is 24.2 Å². The molecular formula is C10H8N4O3S. The molecule has 2 N–H and O–H groups in total. The van der Waals surface area contributed by atoms with E-state index in [2.05, 4.69) is 15.3 Å². The lowest BCUT2D eigenvalue weighted by atomic mass is 10.3. The van der Waals surface area contributed by atoms with Gasteiger partial charge in [-0.3, -0.25) is 20.3 Å². The van der Waals surface area contributed by atoms with Gasteiger partial charge in [-0.1, -0.05) is 11.8 Å². The second kappa shape index (κ2) is 4.96. The standard InChI is InChI=1S/C10H8N4O3S/c1-18-10-13-7(11)6(9(16)14-10)12-8(15)5-3-2-4-17-5/h2-4H,1H3,(H2,11,13,14,16). The first-order chi connectivity index (χ1) is 8.61. The molecule has 92 valence electrons. The van der Waals surface area contributed by atoms with Gasteiger partial charge in [-0.15, -0.1) is 0 Å². The number of rotatable bonds is 1. The van der Waals surface area contributed by atoms with Crippen molar-refractivity contribution < 1.29 is 14.0 Å². The van der Waals surface area contributed by atoms with Gasteiger partial charge in [-0.05, 0) is 18.4 Å². The molecule has 1 aliphatic heterocycles. The highest BCUT2D eigenvalue weighted by atomic mass is 32.2. The molecule has 7 nitrogen and oxygen atoms in total. The fraction of sp³-hybridized carbons (Fsp3) is 0.100. The molecule has 0 spiro atoms. The van der Waals surface area contributed by atoms with Gasteiger partial charge in [0.05, 0.1) is 6.26 Å². The Morgan fingerprint density at radius 3 is 2.94 bits per heavy atom. The van der Waals surface area contributed by atoms with Crippen molar-refractivity contribution in [2.45, 2.75) is 0 Å². The van der Waals surface area contributed by atoms with Crippen molar-refractivity contribution in [1.29, 1.82) is 5.41 Å². The molecule has 1 aliphatic rings. The number of carbonyl (C=O) groups excluding carboxylic acids is 2. The van der Waals surface area contributed by atoms with E-state index < -0.39 is 11.8 Å². The van der Waals surface area contributed by atoms with Gasteiger partial charge in [-0.25, -0.2) is 4.99 Å². The molecule has 0 saturated carbocycles. The Kier molecular flexibility index (Phi) is 3.38. The topological polar surface area (TPSA) is 108 Å². The molecule has 0 aliphatic carbocycles. The zero-order valence-corrected chi connectivity index (χ0v) is 10.1. The molecule has 0 unspecified atom stereocenters. The minimum Gasteiger partial charge on any atom is -0.459 e. The first-order valence-corrected chi connectivity index (χ1v) is 6.03. The average Bonchev–Trinajstić information content (AvgIpc) is 2.87. The third-order valence-electron chi connectivity index (χ3n) is 2.01. The molecule has 0 aromatic carbocycles. The fourth-order valence-electron chi connectivity index (χ4n) is 1.20. The maximum absolute atomic E-state index is 11.6. The van der Waals surface area contributed by atoms with E-state index in [4.69, 9.17) is 9.83 Å². The van der Waals surface area contributed by atoms with Crippen molar-refractivity contribution in [3.63, 3.8) is 0 Å². The maximum atomic E-state index is 11.6. The van der Waals surface area contributed by atoms with Crippen molar-refractivity contribution >= 4 is 40.3 Å². The van der Waals surface area contributed by atoms with Gasteiger partial charge in [0.25, 0.3) is 5.91 Å². The number of hydrogen-bond donors (Lipinski definition) is 2. The number of nitrogens with zero attached hydrogens (tertiary/aromatic N) is 2. The maximum Gasteiger partial charge on any atom is 0.313 e. The van der Waals surface area contributed by atoms with Crippen molar-refractivity contribution in [2.24, 2.45) is 9.98 Å². The third kappa shape index (κ3) is 2.38. The average molecular weight is 264 g/mol. The highest BCUT2D eigenvalue weighted by molar-refractivity contribution is 8.13. The highest BCUT2D eigenvalue weighted by Gasteiger charge is 2.25. The number of furan rings is 1. The molecule has 0 saturated heterocycles. The normalized spacial score (nSPS) is 17.6. The molecule has 2 amide bonds. The predicted octanol–water partition coefficient (Wildman–Crippen LogP) is 0.687. The van der Waals surface area contributed by atoms with Crippen LogP contribution in [0.2, 0.25) is 0 Å². The van der Waals surface area contributed by atoms with E-state index in [0.29, 0.717) is 5.17 Å². The summed E-state index contributed by atoms with van der Waals surface area (Å²) in [6, 6.07) is 2.96. The molecule has 1 aromatic rings. The van der Waals surface area contributed by atoms with Crippen molar-refractivity contribution in [3.8, 4) is 0 Å². The first kappa shape index (κ1) is 12.2. The van der Waals surface area contributed by atoms with Crippen LogP contribution in [0.5, 0.6) is 0 Å². The number of nitrogens with one attached hydrogen (secondary N) is 2. The lowest BCUT2D eigenvalue weighted by Crippen LogP contribution is -2.43. The zero-order valence-electron chi connectivity index (χ0n) is 9.26. The quantitative estimate of drug-likeness (QED) is 0.777. The van der Waals surface area contributed by atoms with Crippen molar-refractivity contribution in [1.82, 2.24) is 5.32 Å². The Bertz CT molecular complexity index is 574. The largest absolute Gasteiger partial charge is 0.459 e. The summed E-state index contributed by atoms with van der Waals surface area (Å²) in [5.41, 5.74) is -0.325. The highest BCUT2D eigenvalue weighted by Crippen LogP contribution is 2.06. The minimum atomic E-state index is -0.724. The van der Waals surface area contributed by atoms with Crippen LogP contribution in [0, 0.1) is 5.41 Å². The molecule has 18 heavy (non-hydrogen) atoms. The second-order valence-electron chi connectivity index (χ2n) is 3.17. The van der Waals surface area contributed by atoms with Crippen LogP contribution in [-0.2, 0) is 4.79 Å². The molecule has 0 atom stereocenters. The Labute approximate surface area is 106 Å². The van der Waals surface area contributed by atoms with Gasteiger partial charge in [0.15, 0.2) is 22.5 Å². The summed E-state index contributed by atoms with van der Waals surface area (Å²) in [7, 11) is 0. The summed E-state index contributed by atoms with van der Waals surface area (Å²) in [6.07, 6.45) is 3.03. The summed E-state index contributed by atoms with van der Waals surface area (Å²) in [5, 5.41) is 10.3. The summed E-state index contributed by atoms with van der Waals surface area (Å²) in [6.45, 7) is 0. The number of aliphatic imine (C=N–C) groups is 2. The lowest BCUT2D eigenvalue weighted by Gasteiger charge is -2.12. The van der Waals surface area contributed by atoms with Crippen LogP contribution in [0.15, 0.2) is 32.8 Å². The monoisotopic (exact) mass is 264 g/mol. The first-order valence-electron chi connectivity index (χ1n) is 4.81. The van der Waals surface area contributed by atoms with Gasteiger partial charge < -0.3 is 4.42 Å². The van der Waals surface area contributed by atoms with Crippen LogP contribution in [0.25, 0.3) is 0 Å². The van der Waals surface area contributed by atoms with Gasteiger partial charge >= 0.3 is 5.91 Å². The second-order valence-corrected chi connectivity index (χ2v) is 3.96. The van der Waals surface area contributed by atoms with E-state index in [9.17, 15) is 9.59 Å². The van der Waals surface area contributed by atoms with Crippen LogP contribution in [0.3, 0.4) is 0 Å². The van der Waals surface area contributed by atoms with Crippen LogP contribution in [0.4, 0.5) is 0 Å². The fourth-order valence-corrected chi connectivity index (χ4v) is 1.58. The van der Waals surface area contributed by atoms with Crippen LogP contribution in [-0.4, -0.2) is 34.8 Å². The number of carbonyl (C=O) groups is 2. The van der Waals surface area contributed by atoms with Gasteiger partial charge in [0, 0.05) is 0 Å². The van der Waals surface area contributed by atoms with Crippen LogP contribution in [0.1, 0.15) is 10.6 Å². The third-order valence-corrected chi connectivity index (χ3v) is 2.59. The number of amidine groups is 2. The van der Waals surface area contributed by atoms with Crippen molar-refractivity contribution in [2.75, 3.05) is 6.26 Å². The van der Waals surface area contributed by atoms with E-state index in [1.54, 1.807) is 6.26 Å². The lowest BCUT2D eigenvalue weighted by molar-refractivity contribution is -0.113. The number of thioether (sulfide) groups is 1. The Morgan fingerprint density at radius 1 is 1.61 bits per heavy atom. The van der Waals surface area contributed by atoms with Gasteiger partial charge in [-0.2, -0.15) is 4.99 Å². The Balaban J connectivity index is 2.29. The SMILES string of the molecule is CSC1=NC(=N)C(=NC(=O)c2ccco2)C(=O)N1. The number of amides is 2. The van der Waals surface area contributed by atoms with Gasteiger partial charge in [0.1, 0.15) is 0 Å². The van der Waals surface area contributed by atoms with E-state index in [0.717, 1.165) is 0 Å². The van der Waals surface area contributed by atoms with E-state index in [1.165, 1.54) is 30.2 Å². The van der Waals surface area contributed by atoms with E-state index >= 15 is 0 Å². The van der Waals surface area contributed by atoms with E-state index in [1.807, 2.05) is 0 Å². The molecule has 0 bridgehead atoms. The molecule has 0 radical (unpaired) electrons. The molecular weight excluding hydrogens is 256 g/mol. The summed E-state index contributed by atoms with van der Waals surface area (Å²) >= 11 is 1.19. The minimum absolute atomic E-state index is 0.00254. The summed E-state index contributed by atoms with van der Waals surface area (Å²) < 4.78 is 4.85. The Hall–Kier alpha value is -2.22. The van der Waals surface area contributed by atoms with E-state index in [-0.39, 0.29) is 17.3 Å². The summed E-state index contributed by atoms with van der Waals surface area (Å²) in [5.74, 6) is -1.69. The smallest absolute Gasteiger partial charge is 0.313 e. The molecule has 2 rings (SSSR count).